The lowest BCUT2D eigenvalue weighted by Crippen LogP contribution is -2.14. The van der Waals surface area contributed by atoms with Crippen LogP contribution in [0.25, 0.3) is 11.3 Å². The van der Waals surface area contributed by atoms with Gasteiger partial charge in [-0.25, -0.2) is 0 Å². The van der Waals surface area contributed by atoms with E-state index in [1.165, 1.54) is 0 Å². The van der Waals surface area contributed by atoms with Crippen molar-refractivity contribution in [3.05, 3.63) is 78.1 Å². The maximum absolute atomic E-state index is 12.3. The number of nitrogens with two attached hydrogens (primary N) is 1. The standard InChI is InChI=1S/C19H16N2O3/c20-18(22)12-13-5-4-8-15(11-13)21-19(23)17-10-9-16(24-17)14-6-2-1-3-7-14/h1-11H,12H2,(H2,20,22)(H,21,23). The Morgan fingerprint density at radius 1 is 0.958 bits per heavy atom. The highest BCUT2D eigenvalue weighted by Gasteiger charge is 2.12. The largest absolute Gasteiger partial charge is 0.451 e. The maximum Gasteiger partial charge on any atom is 0.291 e. The van der Waals surface area contributed by atoms with Gasteiger partial charge in [-0.2, -0.15) is 0 Å². The Labute approximate surface area is 139 Å². The van der Waals surface area contributed by atoms with Crippen molar-refractivity contribution in [2.75, 3.05) is 5.32 Å². The topological polar surface area (TPSA) is 85.3 Å². The van der Waals surface area contributed by atoms with Crippen LogP contribution in [0.4, 0.5) is 5.69 Å². The van der Waals surface area contributed by atoms with Crippen LogP contribution in [0.1, 0.15) is 16.1 Å². The number of hydrogen-bond donors (Lipinski definition) is 2. The molecule has 3 N–H and O–H groups in total. The number of hydrogen-bond acceptors (Lipinski definition) is 3. The molecule has 1 heterocycles. The fourth-order valence-corrected chi connectivity index (χ4v) is 2.37. The van der Waals surface area contributed by atoms with Crippen molar-refractivity contribution in [2.45, 2.75) is 6.42 Å². The van der Waals surface area contributed by atoms with Crippen molar-refractivity contribution in [3.8, 4) is 11.3 Å². The Morgan fingerprint density at radius 3 is 2.50 bits per heavy atom. The molecule has 120 valence electrons. The Hall–Kier alpha value is -3.34. The molecule has 3 aromatic rings. The third kappa shape index (κ3) is 3.70. The van der Waals surface area contributed by atoms with Crippen LogP contribution in [0.15, 0.2) is 71.1 Å². The van der Waals surface area contributed by atoms with Gasteiger partial charge >= 0.3 is 0 Å². The van der Waals surface area contributed by atoms with Crippen LogP contribution in [0.5, 0.6) is 0 Å². The third-order valence-corrected chi connectivity index (χ3v) is 3.45. The van der Waals surface area contributed by atoms with Crippen molar-refractivity contribution in [1.82, 2.24) is 0 Å². The van der Waals surface area contributed by atoms with Crippen LogP contribution in [-0.4, -0.2) is 11.8 Å². The summed E-state index contributed by atoms with van der Waals surface area (Å²) in [7, 11) is 0. The normalized spacial score (nSPS) is 10.3. The highest BCUT2D eigenvalue weighted by Crippen LogP contribution is 2.22. The van der Waals surface area contributed by atoms with E-state index in [4.69, 9.17) is 10.2 Å². The van der Waals surface area contributed by atoms with Gasteiger partial charge < -0.3 is 15.5 Å². The average molecular weight is 320 g/mol. The monoisotopic (exact) mass is 320 g/mol. The molecule has 5 nitrogen and oxygen atoms in total. The first kappa shape index (κ1) is 15.6. The molecule has 0 saturated carbocycles. The predicted molar refractivity (Wildman–Crippen MR) is 91.4 cm³/mol. The van der Waals surface area contributed by atoms with Crippen molar-refractivity contribution in [3.63, 3.8) is 0 Å². The summed E-state index contributed by atoms with van der Waals surface area (Å²) in [6.07, 6.45) is 0.128. The first-order valence-electron chi connectivity index (χ1n) is 7.46. The first-order chi connectivity index (χ1) is 11.6. The zero-order valence-corrected chi connectivity index (χ0v) is 12.9. The first-order valence-corrected chi connectivity index (χ1v) is 7.46. The summed E-state index contributed by atoms with van der Waals surface area (Å²) in [5.41, 5.74) is 7.41. The lowest BCUT2D eigenvalue weighted by Gasteiger charge is -2.05. The molecular weight excluding hydrogens is 304 g/mol. The van der Waals surface area contributed by atoms with Crippen LogP contribution < -0.4 is 11.1 Å². The smallest absolute Gasteiger partial charge is 0.291 e. The minimum atomic E-state index is -0.419. The minimum Gasteiger partial charge on any atom is -0.451 e. The van der Waals surface area contributed by atoms with Crippen LogP contribution in [-0.2, 0) is 11.2 Å². The van der Waals surface area contributed by atoms with Crippen LogP contribution >= 0.6 is 0 Å². The number of amides is 2. The summed E-state index contributed by atoms with van der Waals surface area (Å²) >= 11 is 0. The van der Waals surface area contributed by atoms with E-state index in [0.29, 0.717) is 11.4 Å². The van der Waals surface area contributed by atoms with Gasteiger partial charge in [-0.05, 0) is 29.8 Å². The molecule has 3 rings (SSSR count). The second-order valence-electron chi connectivity index (χ2n) is 5.33. The summed E-state index contributed by atoms with van der Waals surface area (Å²) in [6, 6.07) is 19.9. The Bertz CT molecular complexity index is 869. The zero-order chi connectivity index (χ0) is 16.9. The molecule has 24 heavy (non-hydrogen) atoms. The van der Waals surface area contributed by atoms with E-state index < -0.39 is 5.91 Å². The van der Waals surface area contributed by atoms with Gasteiger partial charge in [0.25, 0.3) is 5.91 Å². The van der Waals surface area contributed by atoms with Gasteiger partial charge in [-0.15, -0.1) is 0 Å². The molecule has 1 aromatic heterocycles. The Balaban J connectivity index is 1.74. The minimum absolute atomic E-state index is 0.128. The zero-order valence-electron chi connectivity index (χ0n) is 12.9. The second kappa shape index (κ2) is 6.83. The molecule has 5 heteroatoms. The number of primary amides is 1. The number of benzene rings is 2. The second-order valence-corrected chi connectivity index (χ2v) is 5.33. The quantitative estimate of drug-likeness (QED) is 0.757. The summed E-state index contributed by atoms with van der Waals surface area (Å²) in [5.74, 6) is 0.0720. The number of carbonyl (C=O) groups is 2. The number of nitrogens with one attached hydrogen (secondary N) is 1. The highest BCUT2D eigenvalue weighted by atomic mass is 16.3. The van der Waals surface area contributed by atoms with Gasteiger partial charge in [-0.1, -0.05) is 42.5 Å². The summed E-state index contributed by atoms with van der Waals surface area (Å²) in [5, 5.41) is 2.75. The number of carbonyl (C=O) groups excluding carboxylic acids is 2. The van der Waals surface area contributed by atoms with E-state index in [1.54, 1.807) is 36.4 Å². The van der Waals surface area contributed by atoms with E-state index in [0.717, 1.165) is 11.1 Å². The number of rotatable bonds is 5. The molecule has 0 fully saturated rings. The summed E-state index contributed by atoms with van der Waals surface area (Å²) in [4.78, 5) is 23.3. The van der Waals surface area contributed by atoms with E-state index in [9.17, 15) is 9.59 Å². The van der Waals surface area contributed by atoms with E-state index in [-0.39, 0.29) is 18.1 Å². The lowest BCUT2D eigenvalue weighted by atomic mass is 10.1. The van der Waals surface area contributed by atoms with Crippen LogP contribution in [0.2, 0.25) is 0 Å². The average Bonchev–Trinajstić information content (AvgIpc) is 3.05. The molecule has 0 aliphatic carbocycles. The van der Waals surface area contributed by atoms with Crippen molar-refractivity contribution < 1.29 is 14.0 Å². The summed E-state index contributed by atoms with van der Waals surface area (Å²) < 4.78 is 5.61. The van der Waals surface area contributed by atoms with E-state index in [1.807, 2.05) is 30.3 Å². The number of furan rings is 1. The molecule has 2 aromatic carbocycles. The highest BCUT2D eigenvalue weighted by molar-refractivity contribution is 6.02. The molecule has 0 bridgehead atoms. The third-order valence-electron chi connectivity index (χ3n) is 3.45. The van der Waals surface area contributed by atoms with Crippen molar-refractivity contribution in [1.29, 1.82) is 0 Å². The molecule has 0 saturated heterocycles. The lowest BCUT2D eigenvalue weighted by molar-refractivity contribution is -0.117. The fourth-order valence-electron chi connectivity index (χ4n) is 2.37. The molecule has 0 aliphatic rings. The Morgan fingerprint density at radius 2 is 1.75 bits per heavy atom. The fraction of sp³-hybridized carbons (Fsp3) is 0.0526. The van der Waals surface area contributed by atoms with Gasteiger partial charge in [0.2, 0.25) is 5.91 Å². The molecule has 0 radical (unpaired) electrons. The molecule has 0 aliphatic heterocycles. The molecular formula is C19H16N2O3. The van der Waals surface area contributed by atoms with Crippen molar-refractivity contribution in [2.24, 2.45) is 5.73 Å². The van der Waals surface area contributed by atoms with Gasteiger partial charge in [-0.3, -0.25) is 9.59 Å². The van der Waals surface area contributed by atoms with Gasteiger partial charge in [0, 0.05) is 11.3 Å². The van der Waals surface area contributed by atoms with Gasteiger partial charge in [0.15, 0.2) is 5.76 Å². The van der Waals surface area contributed by atoms with E-state index in [2.05, 4.69) is 5.32 Å². The predicted octanol–water partition coefficient (Wildman–Crippen LogP) is 3.23. The molecule has 0 spiro atoms. The number of anilines is 1. The van der Waals surface area contributed by atoms with Crippen molar-refractivity contribution >= 4 is 17.5 Å². The molecule has 0 unspecified atom stereocenters. The van der Waals surface area contributed by atoms with Gasteiger partial charge in [0.05, 0.1) is 6.42 Å². The van der Waals surface area contributed by atoms with Crippen LogP contribution in [0.3, 0.4) is 0 Å². The summed E-state index contributed by atoms with van der Waals surface area (Å²) in [6.45, 7) is 0. The van der Waals surface area contributed by atoms with Gasteiger partial charge in [0.1, 0.15) is 5.76 Å². The molecule has 0 atom stereocenters. The van der Waals surface area contributed by atoms with Crippen LogP contribution in [0, 0.1) is 0 Å². The SMILES string of the molecule is NC(=O)Cc1cccc(NC(=O)c2ccc(-c3ccccc3)o2)c1. The Kier molecular flexibility index (Phi) is 4.43. The van der Waals surface area contributed by atoms with E-state index >= 15 is 0 Å². The molecule has 2 amide bonds. The maximum atomic E-state index is 12.3.